The molecule has 1 heterocycles. The molecule has 3 rings (SSSR count). The Hall–Kier alpha value is -2.51. The molecule has 10 nitrogen and oxygen atoms in total. The van der Waals surface area contributed by atoms with E-state index >= 15 is 0 Å². The molecule has 0 bridgehead atoms. The fourth-order valence-corrected chi connectivity index (χ4v) is 5.56. The van der Waals surface area contributed by atoms with Crippen LogP contribution < -0.4 is 14.8 Å². The molecule has 0 aliphatic carbocycles. The van der Waals surface area contributed by atoms with Crippen molar-refractivity contribution >= 4 is 31.6 Å². The number of carbonyl (C=O) groups is 1. The highest BCUT2D eigenvalue weighted by Crippen LogP contribution is 2.29. The lowest BCUT2D eigenvalue weighted by molar-refractivity contribution is -0.116. The first kappa shape index (κ1) is 24.1. The molecule has 0 unspecified atom stereocenters. The second-order valence-electron chi connectivity index (χ2n) is 6.89. The van der Waals surface area contributed by atoms with Gasteiger partial charge in [-0.1, -0.05) is 18.2 Å². The summed E-state index contributed by atoms with van der Waals surface area (Å²) >= 11 is 0. The number of benzene rings is 2. The molecule has 2 aromatic carbocycles. The molecular weight excluding hydrogens is 458 g/mol. The van der Waals surface area contributed by atoms with Crippen molar-refractivity contribution in [3.8, 4) is 5.75 Å². The van der Waals surface area contributed by atoms with Crippen molar-refractivity contribution < 1.29 is 31.1 Å². The van der Waals surface area contributed by atoms with Crippen LogP contribution in [0.3, 0.4) is 0 Å². The summed E-state index contributed by atoms with van der Waals surface area (Å²) in [7, 11) is -6.09. The van der Waals surface area contributed by atoms with Gasteiger partial charge >= 0.3 is 0 Å². The Kier molecular flexibility index (Phi) is 7.85. The van der Waals surface area contributed by atoms with Crippen LogP contribution in [0.2, 0.25) is 0 Å². The van der Waals surface area contributed by atoms with E-state index in [1.165, 1.54) is 41.7 Å². The zero-order chi connectivity index (χ0) is 23.2. The third kappa shape index (κ3) is 5.84. The smallest absolute Gasteiger partial charge is 0.243 e. The molecule has 32 heavy (non-hydrogen) atoms. The summed E-state index contributed by atoms with van der Waals surface area (Å²) in [6.07, 6.45) is -0.157. The van der Waals surface area contributed by atoms with Gasteiger partial charge in [0.2, 0.25) is 26.0 Å². The van der Waals surface area contributed by atoms with E-state index in [-0.39, 0.29) is 47.3 Å². The maximum absolute atomic E-state index is 12.9. The largest absolute Gasteiger partial charge is 0.495 e. The van der Waals surface area contributed by atoms with Gasteiger partial charge in [0.25, 0.3) is 0 Å². The minimum Gasteiger partial charge on any atom is -0.495 e. The van der Waals surface area contributed by atoms with Crippen molar-refractivity contribution in [2.24, 2.45) is 0 Å². The molecular formula is C20H25N3O7S2. The van der Waals surface area contributed by atoms with E-state index in [2.05, 4.69) is 10.0 Å². The lowest BCUT2D eigenvalue weighted by Gasteiger charge is -2.26. The summed E-state index contributed by atoms with van der Waals surface area (Å²) in [5, 5.41) is 2.60. The van der Waals surface area contributed by atoms with Crippen molar-refractivity contribution in [1.82, 2.24) is 9.03 Å². The molecule has 2 aromatic rings. The van der Waals surface area contributed by atoms with Gasteiger partial charge in [-0.05, 0) is 30.3 Å². The lowest BCUT2D eigenvalue weighted by Crippen LogP contribution is -2.40. The van der Waals surface area contributed by atoms with Crippen LogP contribution in [0.15, 0.2) is 58.3 Å². The maximum Gasteiger partial charge on any atom is 0.243 e. The molecule has 0 radical (unpaired) electrons. The standard InChI is InChI=1S/C20H25N3O7S2/c1-29-19-8-7-17(32(27,28)23-11-13-30-14-12-23)15-18(19)22-20(24)9-10-21-31(25,26)16-5-3-2-4-6-16/h2-8,15,21H,9-14H2,1H3,(H,22,24). The molecule has 0 atom stereocenters. The molecule has 0 spiro atoms. The lowest BCUT2D eigenvalue weighted by atomic mass is 10.2. The number of hydrogen-bond donors (Lipinski definition) is 2. The summed E-state index contributed by atoms with van der Waals surface area (Å²) < 4.78 is 64.3. The molecule has 0 saturated carbocycles. The number of hydrogen-bond acceptors (Lipinski definition) is 7. The normalized spacial score (nSPS) is 15.3. The predicted octanol–water partition coefficient (Wildman–Crippen LogP) is 1.02. The Balaban J connectivity index is 1.67. The van der Waals surface area contributed by atoms with Crippen molar-refractivity contribution in [2.75, 3.05) is 45.3 Å². The van der Waals surface area contributed by atoms with E-state index in [1.54, 1.807) is 18.2 Å². The van der Waals surface area contributed by atoms with Crippen molar-refractivity contribution in [1.29, 1.82) is 0 Å². The Bertz CT molecular complexity index is 1150. The highest BCUT2D eigenvalue weighted by molar-refractivity contribution is 7.89. The molecule has 12 heteroatoms. The van der Waals surface area contributed by atoms with Crippen LogP contribution in [0.25, 0.3) is 0 Å². The summed E-state index contributed by atoms with van der Waals surface area (Å²) in [6, 6.07) is 12.0. The Morgan fingerprint density at radius 2 is 1.72 bits per heavy atom. The number of nitrogens with zero attached hydrogens (tertiary/aromatic N) is 1. The first-order valence-electron chi connectivity index (χ1n) is 9.84. The van der Waals surface area contributed by atoms with Crippen molar-refractivity contribution in [3.05, 3.63) is 48.5 Å². The van der Waals surface area contributed by atoms with Crippen LogP contribution in [-0.4, -0.2) is 67.0 Å². The second kappa shape index (κ2) is 10.4. The van der Waals surface area contributed by atoms with Crippen LogP contribution in [0.1, 0.15) is 6.42 Å². The predicted molar refractivity (Wildman–Crippen MR) is 117 cm³/mol. The van der Waals surface area contributed by atoms with Gasteiger partial charge in [0.1, 0.15) is 5.75 Å². The van der Waals surface area contributed by atoms with Gasteiger partial charge in [-0.2, -0.15) is 4.31 Å². The van der Waals surface area contributed by atoms with E-state index < -0.39 is 26.0 Å². The maximum atomic E-state index is 12.9. The van der Waals surface area contributed by atoms with Gasteiger partial charge in [0.05, 0.1) is 35.8 Å². The summed E-state index contributed by atoms with van der Waals surface area (Å²) in [6.45, 7) is 1.00. The van der Waals surface area contributed by atoms with E-state index in [1.807, 2.05) is 0 Å². The first-order valence-corrected chi connectivity index (χ1v) is 12.8. The van der Waals surface area contributed by atoms with E-state index in [4.69, 9.17) is 9.47 Å². The topological polar surface area (TPSA) is 131 Å². The Morgan fingerprint density at radius 3 is 2.38 bits per heavy atom. The fourth-order valence-electron chi connectivity index (χ4n) is 3.08. The van der Waals surface area contributed by atoms with Gasteiger partial charge in [0, 0.05) is 26.1 Å². The zero-order valence-electron chi connectivity index (χ0n) is 17.5. The number of amides is 1. The average molecular weight is 484 g/mol. The van der Waals surface area contributed by atoms with Gasteiger partial charge in [-0.3, -0.25) is 4.79 Å². The third-order valence-corrected chi connectivity index (χ3v) is 8.12. The van der Waals surface area contributed by atoms with Crippen LogP contribution in [0.5, 0.6) is 5.75 Å². The molecule has 174 valence electrons. The molecule has 2 N–H and O–H groups in total. The van der Waals surface area contributed by atoms with E-state index in [0.717, 1.165) is 0 Å². The number of carbonyl (C=O) groups excluding carboxylic acids is 1. The van der Waals surface area contributed by atoms with Gasteiger partial charge in [-0.15, -0.1) is 0 Å². The number of morpholine rings is 1. The van der Waals surface area contributed by atoms with Gasteiger partial charge in [-0.25, -0.2) is 21.6 Å². The fraction of sp³-hybridized carbons (Fsp3) is 0.350. The average Bonchev–Trinajstić information content (AvgIpc) is 2.80. The zero-order valence-corrected chi connectivity index (χ0v) is 19.1. The van der Waals surface area contributed by atoms with Crippen LogP contribution in [0.4, 0.5) is 5.69 Å². The van der Waals surface area contributed by atoms with Crippen LogP contribution in [-0.2, 0) is 29.6 Å². The van der Waals surface area contributed by atoms with E-state index in [9.17, 15) is 21.6 Å². The molecule has 1 saturated heterocycles. The molecule has 0 aromatic heterocycles. The molecule has 1 fully saturated rings. The number of ether oxygens (including phenoxy) is 2. The minimum absolute atomic E-state index is 0.0141. The minimum atomic E-state index is -3.76. The number of rotatable bonds is 9. The Morgan fingerprint density at radius 1 is 1.03 bits per heavy atom. The van der Waals surface area contributed by atoms with Crippen LogP contribution >= 0.6 is 0 Å². The van der Waals surface area contributed by atoms with Crippen molar-refractivity contribution in [3.63, 3.8) is 0 Å². The summed E-state index contributed by atoms with van der Waals surface area (Å²) in [4.78, 5) is 12.5. The van der Waals surface area contributed by atoms with Gasteiger partial charge < -0.3 is 14.8 Å². The molecule has 1 aliphatic heterocycles. The van der Waals surface area contributed by atoms with Crippen LogP contribution in [0, 0.1) is 0 Å². The summed E-state index contributed by atoms with van der Waals surface area (Å²) in [5.74, 6) is -0.218. The number of nitrogens with one attached hydrogen (secondary N) is 2. The number of sulfonamides is 2. The molecule has 1 aliphatic rings. The second-order valence-corrected chi connectivity index (χ2v) is 10.6. The highest BCUT2D eigenvalue weighted by atomic mass is 32.2. The van der Waals surface area contributed by atoms with Crippen molar-refractivity contribution in [2.45, 2.75) is 16.2 Å². The third-order valence-electron chi connectivity index (χ3n) is 4.75. The van der Waals surface area contributed by atoms with Gasteiger partial charge in [0.15, 0.2) is 0 Å². The Labute approximate surface area is 187 Å². The van der Waals surface area contributed by atoms with E-state index in [0.29, 0.717) is 13.2 Å². The summed E-state index contributed by atoms with van der Waals surface area (Å²) in [5.41, 5.74) is 0.178. The molecule has 1 amide bonds. The SMILES string of the molecule is COc1ccc(S(=O)(=O)N2CCOCC2)cc1NC(=O)CCNS(=O)(=O)c1ccccc1. The number of anilines is 1. The number of methoxy groups -OCH3 is 1. The highest BCUT2D eigenvalue weighted by Gasteiger charge is 2.27. The first-order chi connectivity index (χ1) is 15.2. The monoisotopic (exact) mass is 483 g/mol. The quantitative estimate of drug-likeness (QED) is 0.544.